The number of carbonyl (C=O) groups excluding carboxylic acids is 1. The summed E-state index contributed by atoms with van der Waals surface area (Å²) in [7, 11) is 0. The Morgan fingerprint density at radius 1 is 1.21 bits per heavy atom. The SMILES string of the molecule is O=C(CCc1cccs1)c1cc2cc(F)ccc2s1. The third kappa shape index (κ3) is 2.74. The van der Waals surface area contributed by atoms with E-state index in [1.165, 1.54) is 28.3 Å². The molecule has 3 aromatic rings. The molecule has 2 aromatic heterocycles. The molecule has 0 bridgehead atoms. The van der Waals surface area contributed by atoms with Crippen molar-refractivity contribution in [2.75, 3.05) is 0 Å². The Balaban J connectivity index is 1.77. The number of thiophene rings is 2. The fraction of sp³-hybridized carbons (Fsp3) is 0.133. The molecule has 0 saturated heterocycles. The lowest BCUT2D eigenvalue weighted by Crippen LogP contribution is -1.97. The van der Waals surface area contributed by atoms with Gasteiger partial charge in [-0.2, -0.15) is 0 Å². The van der Waals surface area contributed by atoms with E-state index in [0.717, 1.165) is 21.4 Å². The fourth-order valence-corrected chi connectivity index (χ4v) is 3.69. The molecular formula is C15H11FOS2. The van der Waals surface area contributed by atoms with Gasteiger partial charge < -0.3 is 0 Å². The molecule has 0 radical (unpaired) electrons. The number of ketones is 1. The van der Waals surface area contributed by atoms with Gasteiger partial charge in [-0.15, -0.1) is 22.7 Å². The van der Waals surface area contributed by atoms with Gasteiger partial charge in [-0.05, 0) is 47.5 Å². The minimum absolute atomic E-state index is 0.134. The largest absolute Gasteiger partial charge is 0.293 e. The Morgan fingerprint density at radius 3 is 2.89 bits per heavy atom. The topological polar surface area (TPSA) is 17.1 Å². The van der Waals surface area contributed by atoms with Gasteiger partial charge in [0.1, 0.15) is 5.82 Å². The molecule has 1 nitrogen and oxygen atoms in total. The maximum Gasteiger partial charge on any atom is 0.173 e. The lowest BCUT2D eigenvalue weighted by Gasteiger charge is -1.95. The molecule has 1 aromatic carbocycles. The highest BCUT2D eigenvalue weighted by molar-refractivity contribution is 7.20. The van der Waals surface area contributed by atoms with Crippen molar-refractivity contribution in [3.63, 3.8) is 0 Å². The van der Waals surface area contributed by atoms with Crippen LogP contribution in [-0.2, 0) is 6.42 Å². The zero-order valence-corrected chi connectivity index (χ0v) is 11.7. The molecule has 96 valence electrons. The lowest BCUT2D eigenvalue weighted by atomic mass is 10.1. The van der Waals surface area contributed by atoms with Crippen LogP contribution in [0.5, 0.6) is 0 Å². The Labute approximate surface area is 118 Å². The van der Waals surface area contributed by atoms with Gasteiger partial charge in [0.25, 0.3) is 0 Å². The summed E-state index contributed by atoms with van der Waals surface area (Å²) in [5.74, 6) is -0.127. The molecule has 0 aliphatic rings. The molecule has 0 atom stereocenters. The maximum absolute atomic E-state index is 13.1. The van der Waals surface area contributed by atoms with E-state index < -0.39 is 0 Å². The van der Waals surface area contributed by atoms with E-state index in [4.69, 9.17) is 0 Å². The summed E-state index contributed by atoms with van der Waals surface area (Å²) < 4.78 is 14.1. The first kappa shape index (κ1) is 12.5. The molecular weight excluding hydrogens is 279 g/mol. The van der Waals surface area contributed by atoms with E-state index >= 15 is 0 Å². The van der Waals surface area contributed by atoms with Crippen molar-refractivity contribution in [3.8, 4) is 0 Å². The number of hydrogen-bond donors (Lipinski definition) is 0. The van der Waals surface area contributed by atoms with Crippen molar-refractivity contribution in [2.24, 2.45) is 0 Å². The van der Waals surface area contributed by atoms with Crippen LogP contribution >= 0.6 is 22.7 Å². The van der Waals surface area contributed by atoms with Crippen LogP contribution in [0.2, 0.25) is 0 Å². The molecule has 0 spiro atoms. The van der Waals surface area contributed by atoms with Crippen LogP contribution in [0.4, 0.5) is 4.39 Å². The van der Waals surface area contributed by atoms with E-state index in [9.17, 15) is 9.18 Å². The van der Waals surface area contributed by atoms with Gasteiger partial charge in [0, 0.05) is 16.0 Å². The second kappa shape index (κ2) is 5.23. The van der Waals surface area contributed by atoms with Crippen LogP contribution in [0.3, 0.4) is 0 Å². The third-order valence-electron chi connectivity index (χ3n) is 2.93. The first-order valence-electron chi connectivity index (χ1n) is 5.97. The van der Waals surface area contributed by atoms with Crippen molar-refractivity contribution in [1.82, 2.24) is 0 Å². The second-order valence-electron chi connectivity index (χ2n) is 4.30. The third-order valence-corrected chi connectivity index (χ3v) is 5.03. The van der Waals surface area contributed by atoms with Crippen LogP contribution in [0.1, 0.15) is 21.0 Å². The number of hydrogen-bond acceptors (Lipinski definition) is 3. The summed E-state index contributed by atoms with van der Waals surface area (Å²) >= 11 is 3.11. The molecule has 0 N–H and O–H groups in total. The Kier molecular flexibility index (Phi) is 3.44. The Morgan fingerprint density at radius 2 is 2.11 bits per heavy atom. The Hall–Kier alpha value is -1.52. The van der Waals surface area contributed by atoms with Gasteiger partial charge in [-0.3, -0.25) is 4.79 Å². The predicted octanol–water partition coefficient (Wildman–Crippen LogP) is 4.92. The predicted molar refractivity (Wildman–Crippen MR) is 78.8 cm³/mol. The summed E-state index contributed by atoms with van der Waals surface area (Å²) in [5, 5.41) is 2.83. The monoisotopic (exact) mass is 290 g/mol. The van der Waals surface area contributed by atoms with E-state index in [1.54, 1.807) is 23.5 Å². The number of aryl methyl sites for hydroxylation is 1. The number of benzene rings is 1. The molecule has 0 unspecified atom stereocenters. The molecule has 0 aliphatic carbocycles. The summed E-state index contributed by atoms with van der Waals surface area (Å²) in [5.41, 5.74) is 0. The normalized spacial score (nSPS) is 11.0. The van der Waals surface area contributed by atoms with E-state index in [2.05, 4.69) is 0 Å². The average Bonchev–Trinajstić information content (AvgIpc) is 3.04. The van der Waals surface area contributed by atoms with Crippen LogP contribution in [0.15, 0.2) is 41.8 Å². The minimum atomic E-state index is -0.261. The lowest BCUT2D eigenvalue weighted by molar-refractivity contribution is 0.0987. The number of carbonyl (C=O) groups is 1. The minimum Gasteiger partial charge on any atom is -0.293 e. The molecule has 0 saturated carbocycles. The van der Waals surface area contributed by atoms with Gasteiger partial charge in [0.15, 0.2) is 5.78 Å². The molecule has 0 amide bonds. The van der Waals surface area contributed by atoms with Crippen molar-refractivity contribution in [2.45, 2.75) is 12.8 Å². The van der Waals surface area contributed by atoms with Crippen LogP contribution in [-0.4, -0.2) is 5.78 Å². The fourth-order valence-electron chi connectivity index (χ4n) is 1.97. The van der Waals surface area contributed by atoms with Gasteiger partial charge >= 0.3 is 0 Å². The summed E-state index contributed by atoms with van der Waals surface area (Å²) in [6, 6.07) is 10.5. The molecule has 0 aliphatic heterocycles. The van der Waals surface area contributed by atoms with Crippen LogP contribution in [0.25, 0.3) is 10.1 Å². The number of Topliss-reactive ketones (excluding diaryl/α,β-unsaturated/α-hetero) is 1. The van der Waals surface area contributed by atoms with Crippen LogP contribution in [0, 0.1) is 5.82 Å². The standard InChI is InChI=1S/C15H11FOS2/c16-11-3-6-14-10(8-11)9-15(19-14)13(17)5-4-12-2-1-7-18-12/h1-3,6-9H,4-5H2. The Bertz CT molecular complexity index is 713. The zero-order valence-electron chi connectivity index (χ0n) is 10.1. The van der Waals surface area contributed by atoms with Crippen molar-refractivity contribution in [3.05, 3.63) is 57.3 Å². The van der Waals surface area contributed by atoms with Gasteiger partial charge in [0.2, 0.25) is 0 Å². The number of halogens is 1. The van der Waals surface area contributed by atoms with Gasteiger partial charge in [-0.1, -0.05) is 6.07 Å². The smallest absolute Gasteiger partial charge is 0.173 e. The molecule has 2 heterocycles. The quantitative estimate of drug-likeness (QED) is 0.623. The van der Waals surface area contributed by atoms with Gasteiger partial charge in [0.05, 0.1) is 4.88 Å². The van der Waals surface area contributed by atoms with Crippen molar-refractivity contribution in [1.29, 1.82) is 0 Å². The summed E-state index contributed by atoms with van der Waals surface area (Å²) in [4.78, 5) is 14.1. The summed E-state index contributed by atoms with van der Waals surface area (Å²) in [6.45, 7) is 0. The molecule has 19 heavy (non-hydrogen) atoms. The number of fused-ring (bicyclic) bond motifs is 1. The number of rotatable bonds is 4. The molecule has 4 heteroatoms. The zero-order chi connectivity index (χ0) is 13.2. The molecule has 0 fully saturated rings. The first-order valence-corrected chi connectivity index (χ1v) is 7.67. The van der Waals surface area contributed by atoms with E-state index in [1.807, 2.05) is 17.5 Å². The highest BCUT2D eigenvalue weighted by Crippen LogP contribution is 2.27. The van der Waals surface area contributed by atoms with Gasteiger partial charge in [-0.25, -0.2) is 4.39 Å². The van der Waals surface area contributed by atoms with Crippen molar-refractivity contribution >= 4 is 38.5 Å². The summed E-state index contributed by atoms with van der Waals surface area (Å²) in [6.07, 6.45) is 1.29. The molecule has 3 rings (SSSR count). The van der Waals surface area contributed by atoms with E-state index in [-0.39, 0.29) is 11.6 Å². The highest BCUT2D eigenvalue weighted by atomic mass is 32.1. The maximum atomic E-state index is 13.1. The average molecular weight is 290 g/mol. The van der Waals surface area contributed by atoms with Crippen molar-refractivity contribution < 1.29 is 9.18 Å². The highest BCUT2D eigenvalue weighted by Gasteiger charge is 2.11. The second-order valence-corrected chi connectivity index (χ2v) is 6.41. The van der Waals surface area contributed by atoms with E-state index in [0.29, 0.717) is 6.42 Å². The first-order chi connectivity index (χ1) is 9.22. The van der Waals surface area contributed by atoms with Crippen LogP contribution < -0.4 is 0 Å².